The lowest BCUT2D eigenvalue weighted by atomic mass is 9.73. The molecular weight excluding hydrogens is 178 g/mol. The van der Waals surface area contributed by atoms with Gasteiger partial charge in [0, 0.05) is 13.3 Å². The molecule has 3 nitrogen and oxygen atoms in total. The summed E-state index contributed by atoms with van der Waals surface area (Å²) in [5, 5.41) is 2.34. The van der Waals surface area contributed by atoms with Gasteiger partial charge >= 0.3 is 0 Å². The Morgan fingerprint density at radius 3 is 2.29 bits per heavy atom. The van der Waals surface area contributed by atoms with Crippen LogP contribution in [-0.2, 0) is 9.59 Å². The molecule has 2 amide bonds. The van der Waals surface area contributed by atoms with Crippen molar-refractivity contribution in [2.75, 3.05) is 0 Å². The molecule has 1 N–H and O–H groups in total. The van der Waals surface area contributed by atoms with Gasteiger partial charge in [0.2, 0.25) is 11.8 Å². The largest absolute Gasteiger partial charge is 0.297 e. The lowest BCUT2D eigenvalue weighted by molar-refractivity contribution is -0.130. The van der Waals surface area contributed by atoms with Gasteiger partial charge in [0.05, 0.1) is 0 Å². The molecule has 0 atom stereocenters. The number of amides is 2. The summed E-state index contributed by atoms with van der Waals surface area (Å²) in [7, 11) is 0. The molecule has 80 valence electrons. The Bertz CT molecular complexity index is 229. The average molecular weight is 197 g/mol. The summed E-state index contributed by atoms with van der Waals surface area (Å²) in [6, 6.07) is 0. The van der Waals surface area contributed by atoms with Crippen molar-refractivity contribution in [3.05, 3.63) is 0 Å². The third-order valence-corrected chi connectivity index (χ3v) is 2.96. The molecule has 1 rings (SSSR count). The molecule has 1 saturated carbocycles. The third kappa shape index (κ3) is 3.48. The third-order valence-electron chi connectivity index (χ3n) is 2.96. The normalized spacial score (nSPS) is 20.1. The van der Waals surface area contributed by atoms with Crippen LogP contribution in [0.15, 0.2) is 0 Å². The first-order valence-electron chi connectivity index (χ1n) is 5.32. The van der Waals surface area contributed by atoms with Gasteiger partial charge in [-0.1, -0.05) is 26.2 Å². The van der Waals surface area contributed by atoms with E-state index in [1.807, 2.05) is 0 Å². The van der Waals surface area contributed by atoms with Crippen molar-refractivity contribution < 1.29 is 9.59 Å². The molecule has 0 unspecified atom stereocenters. The number of nitrogens with one attached hydrogen (secondary N) is 1. The zero-order chi connectivity index (χ0) is 10.6. The molecule has 0 aromatic heterocycles. The van der Waals surface area contributed by atoms with Crippen molar-refractivity contribution in [3.63, 3.8) is 0 Å². The van der Waals surface area contributed by atoms with E-state index in [1.165, 1.54) is 26.2 Å². The fourth-order valence-corrected chi connectivity index (χ4v) is 2.21. The smallest absolute Gasteiger partial charge is 0.227 e. The van der Waals surface area contributed by atoms with Gasteiger partial charge in [-0.2, -0.15) is 0 Å². The Balaban J connectivity index is 2.41. The predicted molar refractivity (Wildman–Crippen MR) is 54.6 cm³/mol. The first-order chi connectivity index (χ1) is 6.52. The molecule has 0 spiro atoms. The first-order valence-corrected chi connectivity index (χ1v) is 5.32. The van der Waals surface area contributed by atoms with Crippen molar-refractivity contribution in [1.29, 1.82) is 0 Å². The van der Waals surface area contributed by atoms with Crippen LogP contribution in [0.5, 0.6) is 0 Å². The average Bonchev–Trinajstić information content (AvgIpc) is 2.02. The summed E-state index contributed by atoms with van der Waals surface area (Å²) in [4.78, 5) is 22.1. The number of imide groups is 1. The van der Waals surface area contributed by atoms with Crippen LogP contribution >= 0.6 is 0 Å². The quantitative estimate of drug-likeness (QED) is 0.736. The van der Waals surface area contributed by atoms with Gasteiger partial charge in [-0.05, 0) is 18.3 Å². The van der Waals surface area contributed by atoms with Crippen LogP contribution < -0.4 is 5.32 Å². The molecule has 14 heavy (non-hydrogen) atoms. The maximum Gasteiger partial charge on any atom is 0.227 e. The van der Waals surface area contributed by atoms with Gasteiger partial charge in [0.15, 0.2) is 0 Å². The molecule has 0 aromatic carbocycles. The van der Waals surface area contributed by atoms with E-state index >= 15 is 0 Å². The number of carbonyl (C=O) groups is 2. The molecule has 0 bridgehead atoms. The minimum Gasteiger partial charge on any atom is -0.297 e. The molecule has 1 fully saturated rings. The summed E-state index contributed by atoms with van der Waals surface area (Å²) in [5.41, 5.74) is 0.123. The maximum atomic E-state index is 11.4. The Kier molecular flexibility index (Phi) is 3.67. The predicted octanol–water partition coefficient (Wildman–Crippen LogP) is 2.01. The minimum atomic E-state index is -0.255. The molecule has 0 radical (unpaired) electrons. The Morgan fingerprint density at radius 2 is 1.79 bits per heavy atom. The Labute approximate surface area is 85.3 Å². The molecule has 0 aliphatic heterocycles. The highest BCUT2D eigenvalue weighted by molar-refractivity contribution is 5.94. The van der Waals surface area contributed by atoms with Crippen LogP contribution in [0.25, 0.3) is 0 Å². The lowest BCUT2D eigenvalue weighted by Crippen LogP contribution is -2.34. The van der Waals surface area contributed by atoms with Crippen molar-refractivity contribution in [2.24, 2.45) is 5.41 Å². The second-order valence-corrected chi connectivity index (χ2v) is 4.65. The van der Waals surface area contributed by atoms with Crippen molar-refractivity contribution in [1.82, 2.24) is 5.32 Å². The van der Waals surface area contributed by atoms with E-state index < -0.39 is 0 Å². The van der Waals surface area contributed by atoms with Crippen molar-refractivity contribution in [2.45, 2.75) is 52.4 Å². The molecule has 0 aromatic rings. The highest BCUT2D eigenvalue weighted by Crippen LogP contribution is 2.38. The lowest BCUT2D eigenvalue weighted by Gasteiger charge is -2.32. The van der Waals surface area contributed by atoms with E-state index in [4.69, 9.17) is 0 Å². The highest BCUT2D eigenvalue weighted by atomic mass is 16.2. The van der Waals surface area contributed by atoms with Gasteiger partial charge in [0.25, 0.3) is 0 Å². The van der Waals surface area contributed by atoms with Gasteiger partial charge in [-0.25, -0.2) is 0 Å². The zero-order valence-corrected chi connectivity index (χ0v) is 9.06. The fourth-order valence-electron chi connectivity index (χ4n) is 2.21. The number of hydrogen-bond acceptors (Lipinski definition) is 2. The highest BCUT2D eigenvalue weighted by Gasteiger charge is 2.29. The van der Waals surface area contributed by atoms with Gasteiger partial charge in [-0.15, -0.1) is 0 Å². The summed E-state index contributed by atoms with van der Waals surface area (Å²) in [5.74, 6) is -0.378. The van der Waals surface area contributed by atoms with E-state index in [0.29, 0.717) is 6.42 Å². The van der Waals surface area contributed by atoms with Gasteiger partial charge in [-0.3, -0.25) is 14.9 Å². The topological polar surface area (TPSA) is 46.2 Å². The van der Waals surface area contributed by atoms with Crippen LogP contribution in [-0.4, -0.2) is 11.8 Å². The molecule has 0 saturated heterocycles. The molecule has 0 heterocycles. The van der Waals surface area contributed by atoms with Crippen LogP contribution in [0.4, 0.5) is 0 Å². The zero-order valence-electron chi connectivity index (χ0n) is 9.06. The molecule has 1 aliphatic carbocycles. The van der Waals surface area contributed by atoms with E-state index in [9.17, 15) is 9.59 Å². The number of carbonyl (C=O) groups excluding carboxylic acids is 2. The van der Waals surface area contributed by atoms with Gasteiger partial charge in [0.1, 0.15) is 0 Å². The standard InChI is InChI=1S/C11H19NO2/c1-9(13)12-10(14)8-11(2)6-4-3-5-7-11/h3-8H2,1-2H3,(H,12,13,14). The maximum absolute atomic E-state index is 11.4. The Hall–Kier alpha value is -0.860. The monoisotopic (exact) mass is 197 g/mol. The summed E-state index contributed by atoms with van der Waals surface area (Å²) >= 11 is 0. The minimum absolute atomic E-state index is 0.123. The van der Waals surface area contributed by atoms with Crippen LogP contribution in [0.3, 0.4) is 0 Å². The summed E-state index contributed by atoms with van der Waals surface area (Å²) < 4.78 is 0. The van der Waals surface area contributed by atoms with Crippen LogP contribution in [0.2, 0.25) is 0 Å². The molecule has 1 aliphatic rings. The second-order valence-electron chi connectivity index (χ2n) is 4.65. The van der Waals surface area contributed by atoms with E-state index in [0.717, 1.165) is 12.8 Å². The summed E-state index contributed by atoms with van der Waals surface area (Å²) in [6.07, 6.45) is 6.42. The van der Waals surface area contributed by atoms with E-state index in [1.54, 1.807) is 0 Å². The SMILES string of the molecule is CC(=O)NC(=O)CC1(C)CCCCC1. The number of rotatable bonds is 2. The van der Waals surface area contributed by atoms with Crippen molar-refractivity contribution in [3.8, 4) is 0 Å². The van der Waals surface area contributed by atoms with E-state index in [-0.39, 0.29) is 17.2 Å². The second kappa shape index (κ2) is 4.58. The first kappa shape index (κ1) is 11.2. The fraction of sp³-hybridized carbons (Fsp3) is 0.818. The molecular formula is C11H19NO2. The van der Waals surface area contributed by atoms with Crippen LogP contribution in [0, 0.1) is 5.41 Å². The molecule has 3 heteroatoms. The summed E-state index contributed by atoms with van der Waals surface area (Å²) in [6.45, 7) is 3.52. The van der Waals surface area contributed by atoms with E-state index in [2.05, 4.69) is 12.2 Å². The Morgan fingerprint density at radius 1 is 1.21 bits per heavy atom. The van der Waals surface area contributed by atoms with Crippen LogP contribution in [0.1, 0.15) is 52.4 Å². The van der Waals surface area contributed by atoms with Crippen molar-refractivity contribution >= 4 is 11.8 Å². The van der Waals surface area contributed by atoms with Gasteiger partial charge < -0.3 is 0 Å². The number of hydrogen-bond donors (Lipinski definition) is 1.